The van der Waals surface area contributed by atoms with Crippen molar-refractivity contribution in [3.05, 3.63) is 24.3 Å². The molecule has 0 aromatic heterocycles. The first-order valence-electron chi connectivity index (χ1n) is 12.9. The third-order valence-corrected chi connectivity index (χ3v) is 8.34. The number of methoxy groups -OCH3 is 1. The van der Waals surface area contributed by atoms with Crippen LogP contribution in [0.3, 0.4) is 0 Å². The molecule has 0 radical (unpaired) electrons. The van der Waals surface area contributed by atoms with Crippen molar-refractivity contribution < 1.29 is 33.5 Å². The summed E-state index contributed by atoms with van der Waals surface area (Å²) < 4.78 is 24.2. The van der Waals surface area contributed by atoms with Crippen molar-refractivity contribution in [2.24, 2.45) is 23.7 Å². The first kappa shape index (κ1) is 24.8. The van der Waals surface area contributed by atoms with Crippen LogP contribution in [0.15, 0.2) is 24.3 Å². The van der Waals surface area contributed by atoms with Gasteiger partial charge in [0.15, 0.2) is 18.2 Å². The molecule has 4 aliphatic heterocycles. The van der Waals surface area contributed by atoms with Gasteiger partial charge in [0.25, 0.3) is 0 Å². The molecule has 35 heavy (non-hydrogen) atoms. The predicted octanol–water partition coefficient (Wildman–Crippen LogP) is 4.43. The summed E-state index contributed by atoms with van der Waals surface area (Å²) in [5.74, 6) is 1.07. The summed E-state index contributed by atoms with van der Waals surface area (Å²) >= 11 is 0. The minimum atomic E-state index is -0.790. The van der Waals surface area contributed by atoms with Crippen LogP contribution in [-0.4, -0.2) is 50.3 Å². The fourth-order valence-corrected chi connectivity index (χ4v) is 6.45. The van der Waals surface area contributed by atoms with Gasteiger partial charge < -0.3 is 29.6 Å². The molecule has 1 aliphatic carbocycles. The fraction of sp³-hybridized carbons (Fsp3) is 0.731. The Morgan fingerprint density at radius 1 is 1.14 bits per heavy atom. The molecule has 9 heteroatoms. The van der Waals surface area contributed by atoms with Gasteiger partial charge in [-0.1, -0.05) is 26.0 Å². The number of fused-ring (bicyclic) bond motifs is 2. The fourth-order valence-electron chi connectivity index (χ4n) is 6.45. The van der Waals surface area contributed by atoms with Crippen molar-refractivity contribution >= 4 is 11.7 Å². The molecule has 1 aromatic rings. The number of nitrogens with one attached hydrogen (secondary N) is 2. The summed E-state index contributed by atoms with van der Waals surface area (Å²) in [5.41, 5.74) is 0.0465. The molecule has 4 heterocycles. The molecule has 194 valence electrons. The summed E-state index contributed by atoms with van der Waals surface area (Å²) in [5, 5.41) is 5.67. The van der Waals surface area contributed by atoms with E-state index in [-0.39, 0.29) is 17.9 Å². The van der Waals surface area contributed by atoms with Crippen molar-refractivity contribution in [1.29, 1.82) is 0 Å². The van der Waals surface area contributed by atoms with Crippen molar-refractivity contribution in [2.45, 2.75) is 76.8 Å². The second kappa shape index (κ2) is 9.86. The lowest BCUT2D eigenvalue weighted by Crippen LogP contribution is -2.70. The van der Waals surface area contributed by atoms with Crippen molar-refractivity contribution in [3.8, 4) is 5.75 Å². The summed E-state index contributed by atoms with van der Waals surface area (Å²) in [6, 6.07) is 7.01. The van der Waals surface area contributed by atoms with Crippen LogP contribution in [0.2, 0.25) is 0 Å². The highest BCUT2D eigenvalue weighted by atomic mass is 17.3. The normalized spacial score (nSPS) is 39.9. The van der Waals surface area contributed by atoms with Crippen LogP contribution in [0.4, 0.5) is 10.5 Å². The maximum atomic E-state index is 12.3. The van der Waals surface area contributed by atoms with Crippen LogP contribution in [-0.2, 0) is 24.0 Å². The number of rotatable bonds is 7. The van der Waals surface area contributed by atoms with Crippen LogP contribution in [0.5, 0.6) is 5.75 Å². The Labute approximate surface area is 207 Å². The molecule has 1 spiro atoms. The van der Waals surface area contributed by atoms with Gasteiger partial charge >= 0.3 is 6.03 Å². The average Bonchev–Trinajstić information content (AvgIpc) is 3.08. The van der Waals surface area contributed by atoms with Crippen molar-refractivity contribution in [2.75, 3.05) is 25.6 Å². The number of hydrogen-bond donors (Lipinski definition) is 2. The highest BCUT2D eigenvalue weighted by Crippen LogP contribution is 2.60. The second-order valence-corrected chi connectivity index (χ2v) is 10.6. The average molecular weight is 491 g/mol. The Morgan fingerprint density at radius 3 is 2.80 bits per heavy atom. The van der Waals surface area contributed by atoms with Crippen molar-refractivity contribution in [1.82, 2.24) is 5.32 Å². The molecule has 9 nitrogen and oxygen atoms in total. The lowest BCUT2D eigenvalue weighted by molar-refractivity contribution is -0.577. The van der Waals surface area contributed by atoms with Crippen LogP contribution in [0, 0.1) is 23.7 Å². The molecule has 0 unspecified atom stereocenters. The van der Waals surface area contributed by atoms with E-state index >= 15 is 0 Å². The summed E-state index contributed by atoms with van der Waals surface area (Å²) in [6.07, 6.45) is 3.75. The van der Waals surface area contributed by atoms with E-state index < -0.39 is 24.0 Å². The molecule has 5 aliphatic rings. The van der Waals surface area contributed by atoms with Crippen LogP contribution in [0.1, 0.15) is 52.9 Å². The van der Waals surface area contributed by atoms with Gasteiger partial charge in [0, 0.05) is 24.8 Å². The van der Waals surface area contributed by atoms with E-state index in [0.29, 0.717) is 42.8 Å². The summed E-state index contributed by atoms with van der Waals surface area (Å²) in [7, 11) is 1.57. The molecule has 5 fully saturated rings. The van der Waals surface area contributed by atoms with Crippen molar-refractivity contribution in [3.63, 3.8) is 0 Å². The quantitative estimate of drug-likeness (QED) is 0.431. The van der Waals surface area contributed by atoms with Gasteiger partial charge in [0.05, 0.1) is 19.4 Å². The number of amides is 2. The smallest absolute Gasteiger partial charge is 0.319 e. The Balaban J connectivity index is 1.14. The monoisotopic (exact) mass is 490 g/mol. The Bertz CT molecular complexity index is 915. The van der Waals surface area contributed by atoms with E-state index in [1.165, 1.54) is 0 Å². The van der Waals surface area contributed by atoms with Gasteiger partial charge in [0.1, 0.15) is 5.75 Å². The number of hydrogen-bond acceptors (Lipinski definition) is 7. The zero-order valence-corrected chi connectivity index (χ0v) is 21.1. The maximum Gasteiger partial charge on any atom is 0.319 e. The SMILES string of the molecule is COc1ccccc1NC(=O)NCCCO[C@@H]1O[C@@H]2O[C@]3(C)CC[C@H]4[C@H](C)CC[C@@H]([C@H]1C)[C@@]24OO3. The molecule has 1 aromatic carbocycles. The van der Waals surface area contributed by atoms with E-state index in [1.807, 2.05) is 19.1 Å². The topological polar surface area (TPSA) is 96.5 Å². The number of urea groups is 1. The minimum Gasteiger partial charge on any atom is -0.495 e. The summed E-state index contributed by atoms with van der Waals surface area (Å²) in [6.45, 7) is 7.35. The van der Waals surface area contributed by atoms with E-state index in [0.717, 1.165) is 25.7 Å². The van der Waals surface area contributed by atoms with Gasteiger partial charge in [-0.15, -0.1) is 0 Å². The maximum absolute atomic E-state index is 12.3. The van der Waals surface area contributed by atoms with Crippen LogP contribution >= 0.6 is 0 Å². The Kier molecular flexibility index (Phi) is 6.98. The minimum absolute atomic E-state index is 0.137. The predicted molar refractivity (Wildman–Crippen MR) is 127 cm³/mol. The second-order valence-electron chi connectivity index (χ2n) is 10.6. The van der Waals surface area contributed by atoms with Gasteiger partial charge in [0.2, 0.25) is 5.79 Å². The highest BCUT2D eigenvalue weighted by Gasteiger charge is 2.69. The number of carbonyl (C=O) groups excluding carboxylic acids is 1. The lowest BCUT2D eigenvalue weighted by Gasteiger charge is -2.60. The molecule has 8 atom stereocenters. The number of benzene rings is 1. The zero-order valence-electron chi connectivity index (χ0n) is 21.1. The Hall–Kier alpha value is -1.91. The summed E-state index contributed by atoms with van der Waals surface area (Å²) in [4.78, 5) is 24.3. The highest BCUT2D eigenvalue weighted by molar-refractivity contribution is 5.90. The van der Waals surface area contributed by atoms with Gasteiger partial charge in [-0.25, -0.2) is 14.6 Å². The first-order valence-corrected chi connectivity index (χ1v) is 12.9. The van der Waals surface area contributed by atoms with E-state index in [4.69, 9.17) is 28.7 Å². The van der Waals surface area contributed by atoms with Gasteiger partial charge in [-0.2, -0.15) is 0 Å². The number of carbonyl (C=O) groups is 1. The molecule has 2 bridgehead atoms. The lowest BCUT2D eigenvalue weighted by atomic mass is 9.58. The van der Waals surface area contributed by atoms with E-state index in [9.17, 15) is 4.79 Å². The standard InChI is InChI=1S/C26H38N2O7/c1-16-10-11-19-17(2)22(32-23-26(19)18(16)12-13-25(3,33-23)34-35-26)31-15-7-14-27-24(29)28-20-8-5-6-9-21(20)30-4/h5-6,8-9,16-19,22-23H,7,10-15H2,1-4H3,(H2,27,28,29)/t16-,17-,18+,19+,22-,23-,25+,26-/m1/s1. The molecule has 2 N–H and O–H groups in total. The molecule has 2 amide bonds. The molecule has 1 saturated carbocycles. The largest absolute Gasteiger partial charge is 0.495 e. The Morgan fingerprint density at radius 2 is 1.97 bits per heavy atom. The number of ether oxygens (including phenoxy) is 4. The van der Waals surface area contributed by atoms with E-state index in [1.54, 1.807) is 19.2 Å². The zero-order chi connectivity index (χ0) is 24.6. The van der Waals surface area contributed by atoms with Gasteiger partial charge in [-0.05, 0) is 56.6 Å². The molecule has 6 rings (SSSR count). The van der Waals surface area contributed by atoms with Gasteiger partial charge in [-0.3, -0.25) is 0 Å². The van der Waals surface area contributed by atoms with Crippen LogP contribution < -0.4 is 15.4 Å². The third kappa shape index (κ3) is 4.53. The van der Waals surface area contributed by atoms with E-state index in [2.05, 4.69) is 24.5 Å². The number of anilines is 1. The number of para-hydroxylation sites is 2. The first-order chi connectivity index (χ1) is 16.9. The molecule has 4 saturated heterocycles. The third-order valence-electron chi connectivity index (χ3n) is 8.34. The van der Waals surface area contributed by atoms with Crippen LogP contribution in [0.25, 0.3) is 0 Å². The molecular formula is C26H38N2O7. The molecular weight excluding hydrogens is 452 g/mol.